The van der Waals surface area contributed by atoms with E-state index in [-0.39, 0.29) is 11.1 Å². The van der Waals surface area contributed by atoms with Gasteiger partial charge < -0.3 is 9.84 Å². The Morgan fingerprint density at radius 3 is 2.45 bits per heavy atom. The number of hydrogen-bond acceptors (Lipinski definition) is 4. The normalized spacial score (nSPS) is 12.3. The van der Waals surface area contributed by atoms with Crippen LogP contribution in [-0.2, 0) is 9.53 Å². The minimum absolute atomic E-state index is 0.0571. The summed E-state index contributed by atoms with van der Waals surface area (Å²) in [5, 5.41) is 8.33. The van der Waals surface area contributed by atoms with E-state index in [0.29, 0.717) is 4.90 Å². The molecule has 0 radical (unpaired) electrons. The van der Waals surface area contributed by atoms with Gasteiger partial charge in [0.1, 0.15) is 11.1 Å². The second-order valence-electron chi connectivity index (χ2n) is 4.31. The number of ether oxygens (including phenoxy) is 1. The monoisotopic (exact) mass is 320 g/mol. The Labute approximate surface area is 125 Å². The molecule has 0 fully saturated rings. The first-order valence-corrected chi connectivity index (χ1v) is 7.07. The molecule has 1 atom stereocenters. The van der Waals surface area contributed by atoms with Crippen molar-refractivity contribution in [3.63, 3.8) is 0 Å². The number of hydrogen-bond donors (Lipinski definition) is 1. The summed E-state index contributed by atoms with van der Waals surface area (Å²) in [4.78, 5) is 22.9. The van der Waals surface area contributed by atoms with Crippen molar-refractivity contribution in [3.05, 3.63) is 28.5 Å². The van der Waals surface area contributed by atoms with Crippen LogP contribution in [0, 0.1) is 5.82 Å². The minimum atomic E-state index is -1.39. The van der Waals surface area contributed by atoms with Gasteiger partial charge in [-0.15, -0.1) is 11.8 Å². The van der Waals surface area contributed by atoms with Crippen LogP contribution in [0.15, 0.2) is 17.0 Å². The van der Waals surface area contributed by atoms with E-state index in [0.717, 1.165) is 23.9 Å². The number of carbonyl (C=O) groups is 2. The van der Waals surface area contributed by atoms with Gasteiger partial charge in [0.2, 0.25) is 0 Å². The molecule has 1 unspecified atom stereocenters. The molecule has 0 saturated carbocycles. The van der Waals surface area contributed by atoms with Crippen LogP contribution >= 0.6 is 23.4 Å². The molecule has 0 aliphatic carbocycles. The van der Waals surface area contributed by atoms with Crippen molar-refractivity contribution in [2.24, 2.45) is 0 Å². The van der Waals surface area contributed by atoms with Gasteiger partial charge in [-0.05, 0) is 32.9 Å². The summed E-state index contributed by atoms with van der Waals surface area (Å²) in [6.45, 7) is 5.06. The first-order valence-electron chi connectivity index (χ1n) is 5.81. The maximum Gasteiger partial charge on any atom is 0.338 e. The smallest absolute Gasteiger partial charge is 0.338 e. The van der Waals surface area contributed by atoms with E-state index in [9.17, 15) is 14.0 Å². The molecule has 0 bridgehead atoms. The number of halogens is 2. The van der Waals surface area contributed by atoms with E-state index in [4.69, 9.17) is 21.4 Å². The molecular formula is C13H14ClFO4S. The number of carbonyl (C=O) groups excluding carboxylic acids is 1. The number of benzene rings is 1. The standard InChI is InChI=1S/C13H14ClFO4S/c1-6(2)19-13(18)7(3)20-11-4-8(12(16)17)10(15)5-9(11)14/h4-7H,1-3H3,(H,16,17). The molecule has 1 rings (SSSR count). The topological polar surface area (TPSA) is 63.6 Å². The fourth-order valence-corrected chi connectivity index (χ4v) is 2.52. The summed E-state index contributed by atoms with van der Waals surface area (Å²) in [7, 11) is 0. The van der Waals surface area contributed by atoms with E-state index in [1.54, 1.807) is 20.8 Å². The van der Waals surface area contributed by atoms with E-state index < -0.39 is 28.6 Å². The third-order valence-electron chi connectivity index (χ3n) is 2.24. The van der Waals surface area contributed by atoms with Crippen molar-refractivity contribution >= 4 is 35.3 Å². The Kier molecular flexibility index (Phi) is 5.83. The number of esters is 1. The van der Waals surface area contributed by atoms with Crippen LogP contribution in [0.3, 0.4) is 0 Å². The Morgan fingerprint density at radius 1 is 1.35 bits per heavy atom. The highest BCUT2D eigenvalue weighted by Crippen LogP contribution is 2.33. The zero-order valence-electron chi connectivity index (χ0n) is 11.1. The third kappa shape index (κ3) is 4.38. The summed E-state index contributed by atoms with van der Waals surface area (Å²) in [6.07, 6.45) is -0.246. The van der Waals surface area contributed by atoms with Crippen LogP contribution in [0.5, 0.6) is 0 Å². The molecule has 0 amide bonds. The summed E-state index contributed by atoms with van der Waals surface area (Å²) in [6, 6.07) is 2.04. The molecule has 20 heavy (non-hydrogen) atoms. The van der Waals surface area contributed by atoms with Crippen molar-refractivity contribution in [1.82, 2.24) is 0 Å². The van der Waals surface area contributed by atoms with Gasteiger partial charge in [0.05, 0.1) is 16.7 Å². The van der Waals surface area contributed by atoms with Gasteiger partial charge in [-0.2, -0.15) is 0 Å². The lowest BCUT2D eigenvalue weighted by molar-refractivity contribution is -0.146. The van der Waals surface area contributed by atoms with E-state index in [2.05, 4.69) is 0 Å². The molecule has 4 nitrogen and oxygen atoms in total. The van der Waals surface area contributed by atoms with E-state index in [1.807, 2.05) is 0 Å². The summed E-state index contributed by atoms with van der Waals surface area (Å²) in [5.74, 6) is -2.75. The average molecular weight is 321 g/mol. The van der Waals surface area contributed by atoms with Gasteiger partial charge >= 0.3 is 11.9 Å². The van der Waals surface area contributed by atoms with Gasteiger partial charge in [0.25, 0.3) is 0 Å². The average Bonchev–Trinajstić information content (AvgIpc) is 2.30. The van der Waals surface area contributed by atoms with Gasteiger partial charge in [-0.1, -0.05) is 11.6 Å². The van der Waals surface area contributed by atoms with Gasteiger partial charge in [-0.25, -0.2) is 9.18 Å². The second kappa shape index (κ2) is 6.95. The fraction of sp³-hybridized carbons (Fsp3) is 0.385. The maximum atomic E-state index is 13.4. The lowest BCUT2D eigenvalue weighted by atomic mass is 10.2. The molecule has 0 aromatic heterocycles. The maximum absolute atomic E-state index is 13.4. The first-order chi connectivity index (χ1) is 9.22. The Bertz CT molecular complexity index is 533. The molecule has 0 aliphatic heterocycles. The van der Waals surface area contributed by atoms with Gasteiger partial charge in [0.15, 0.2) is 0 Å². The van der Waals surface area contributed by atoms with Crippen molar-refractivity contribution in [1.29, 1.82) is 0 Å². The third-order valence-corrected chi connectivity index (χ3v) is 3.80. The zero-order valence-corrected chi connectivity index (χ0v) is 12.7. The molecular weight excluding hydrogens is 307 g/mol. The van der Waals surface area contributed by atoms with Crippen molar-refractivity contribution in [2.75, 3.05) is 0 Å². The Balaban J connectivity index is 2.95. The molecule has 0 aliphatic rings. The van der Waals surface area contributed by atoms with Crippen molar-refractivity contribution in [2.45, 2.75) is 37.0 Å². The van der Waals surface area contributed by atoms with Crippen LogP contribution in [0.4, 0.5) is 4.39 Å². The quantitative estimate of drug-likeness (QED) is 0.663. The summed E-state index contributed by atoms with van der Waals surface area (Å²) < 4.78 is 18.4. The van der Waals surface area contributed by atoms with Crippen LogP contribution in [0.1, 0.15) is 31.1 Å². The Morgan fingerprint density at radius 2 is 1.95 bits per heavy atom. The second-order valence-corrected chi connectivity index (χ2v) is 6.10. The highest BCUT2D eigenvalue weighted by atomic mass is 35.5. The van der Waals surface area contributed by atoms with Crippen molar-refractivity contribution in [3.8, 4) is 0 Å². The SMILES string of the molecule is CC(C)OC(=O)C(C)Sc1cc(C(=O)O)c(F)cc1Cl. The Hall–Kier alpha value is -1.27. The lowest BCUT2D eigenvalue weighted by Crippen LogP contribution is -2.20. The molecule has 1 aromatic carbocycles. The zero-order chi connectivity index (χ0) is 15.4. The number of aromatic carboxylic acids is 1. The molecule has 1 N–H and O–H groups in total. The van der Waals surface area contributed by atoms with E-state index in [1.165, 1.54) is 0 Å². The summed E-state index contributed by atoms with van der Waals surface area (Å²) >= 11 is 6.88. The van der Waals surface area contributed by atoms with Crippen LogP contribution in [-0.4, -0.2) is 28.4 Å². The summed E-state index contributed by atoms with van der Waals surface area (Å²) in [5.41, 5.74) is -0.485. The van der Waals surface area contributed by atoms with Crippen LogP contribution in [0.25, 0.3) is 0 Å². The largest absolute Gasteiger partial charge is 0.478 e. The van der Waals surface area contributed by atoms with E-state index >= 15 is 0 Å². The highest BCUT2D eigenvalue weighted by Gasteiger charge is 2.21. The van der Waals surface area contributed by atoms with Gasteiger partial charge in [0, 0.05) is 4.90 Å². The molecule has 1 aromatic rings. The molecule has 110 valence electrons. The first kappa shape index (κ1) is 16.8. The molecule has 7 heteroatoms. The van der Waals surface area contributed by atoms with Gasteiger partial charge in [-0.3, -0.25) is 4.79 Å². The lowest BCUT2D eigenvalue weighted by Gasteiger charge is -2.14. The highest BCUT2D eigenvalue weighted by molar-refractivity contribution is 8.00. The predicted octanol–water partition coefficient (Wildman–Crippen LogP) is 3.61. The molecule has 0 heterocycles. The molecule has 0 spiro atoms. The number of carboxylic acid groups (broad SMARTS) is 1. The number of rotatable bonds is 5. The number of thioether (sulfide) groups is 1. The van der Waals surface area contributed by atoms with Crippen molar-refractivity contribution < 1.29 is 23.8 Å². The predicted molar refractivity (Wildman–Crippen MR) is 74.9 cm³/mol. The minimum Gasteiger partial charge on any atom is -0.478 e. The molecule has 0 saturated heterocycles. The fourth-order valence-electron chi connectivity index (χ4n) is 1.35. The number of carboxylic acids is 1. The van der Waals surface area contributed by atoms with Crippen LogP contribution < -0.4 is 0 Å². The van der Waals surface area contributed by atoms with Crippen LogP contribution in [0.2, 0.25) is 5.02 Å².